The fourth-order valence-electron chi connectivity index (χ4n) is 3.51. The summed E-state index contributed by atoms with van der Waals surface area (Å²) in [6, 6.07) is 8.98. The minimum Gasteiger partial charge on any atom is -0.385 e. The predicted octanol–water partition coefficient (Wildman–Crippen LogP) is 4.98. The highest BCUT2D eigenvalue weighted by Crippen LogP contribution is 2.40. The molecular formula is C23H33NO. The normalized spacial score (nSPS) is 22.8. The first-order chi connectivity index (χ1) is 12.2. The number of hydrogen-bond acceptors (Lipinski definition) is 2. The summed E-state index contributed by atoms with van der Waals surface area (Å²) in [6.45, 7) is 3.89. The summed E-state index contributed by atoms with van der Waals surface area (Å²) in [7, 11) is 5.97. The SMILES string of the molecule is CCOC.CN(C)CCC=C1c2ccccc2CCC2C=CC=CC12. The lowest BCUT2D eigenvalue weighted by Crippen LogP contribution is -2.15. The zero-order chi connectivity index (χ0) is 18.1. The molecular weight excluding hydrogens is 306 g/mol. The number of ether oxygens (including phenoxy) is 1. The first-order valence-corrected chi connectivity index (χ1v) is 9.44. The van der Waals surface area contributed by atoms with E-state index >= 15 is 0 Å². The van der Waals surface area contributed by atoms with Crippen molar-refractivity contribution in [1.29, 1.82) is 0 Å². The molecule has 0 N–H and O–H groups in total. The Hall–Kier alpha value is -1.64. The summed E-state index contributed by atoms with van der Waals surface area (Å²) in [4.78, 5) is 2.26. The van der Waals surface area contributed by atoms with Gasteiger partial charge in [-0.25, -0.2) is 0 Å². The maximum absolute atomic E-state index is 4.54. The van der Waals surface area contributed by atoms with E-state index in [2.05, 4.69) is 78.4 Å². The first-order valence-electron chi connectivity index (χ1n) is 9.44. The molecule has 0 spiro atoms. The van der Waals surface area contributed by atoms with Crippen molar-refractivity contribution in [3.05, 3.63) is 65.8 Å². The van der Waals surface area contributed by atoms with Crippen molar-refractivity contribution in [2.45, 2.75) is 26.2 Å². The van der Waals surface area contributed by atoms with Crippen molar-refractivity contribution in [3.8, 4) is 0 Å². The third-order valence-corrected chi connectivity index (χ3v) is 4.91. The third kappa shape index (κ3) is 5.69. The molecule has 1 aromatic carbocycles. The number of benzene rings is 1. The number of fused-ring (bicyclic) bond motifs is 2. The number of methoxy groups -OCH3 is 1. The van der Waals surface area contributed by atoms with Crippen LogP contribution < -0.4 is 0 Å². The monoisotopic (exact) mass is 339 g/mol. The lowest BCUT2D eigenvalue weighted by molar-refractivity contribution is 0.215. The van der Waals surface area contributed by atoms with Gasteiger partial charge in [0.2, 0.25) is 0 Å². The Labute approximate surface area is 153 Å². The Morgan fingerprint density at radius 1 is 1.16 bits per heavy atom. The molecule has 0 fully saturated rings. The summed E-state index contributed by atoms with van der Waals surface area (Å²) in [5, 5.41) is 0. The molecule has 0 saturated heterocycles. The zero-order valence-electron chi connectivity index (χ0n) is 16.2. The van der Waals surface area contributed by atoms with E-state index in [-0.39, 0.29) is 0 Å². The molecule has 25 heavy (non-hydrogen) atoms. The minimum atomic E-state index is 0.556. The largest absolute Gasteiger partial charge is 0.385 e. The maximum atomic E-state index is 4.54. The van der Waals surface area contributed by atoms with Gasteiger partial charge in [0.05, 0.1) is 0 Å². The molecule has 0 amide bonds. The van der Waals surface area contributed by atoms with Crippen LogP contribution in [0.5, 0.6) is 0 Å². The van der Waals surface area contributed by atoms with Crippen LogP contribution in [0.25, 0.3) is 5.57 Å². The van der Waals surface area contributed by atoms with Gasteiger partial charge in [-0.3, -0.25) is 0 Å². The molecule has 2 heteroatoms. The number of hydrogen-bond donors (Lipinski definition) is 0. The second-order valence-corrected chi connectivity index (χ2v) is 6.98. The maximum Gasteiger partial charge on any atom is 0.0433 e. The highest BCUT2D eigenvalue weighted by Gasteiger charge is 2.27. The zero-order valence-corrected chi connectivity index (χ0v) is 16.2. The molecule has 2 unspecified atom stereocenters. The summed E-state index contributed by atoms with van der Waals surface area (Å²) >= 11 is 0. The minimum absolute atomic E-state index is 0.556. The van der Waals surface area contributed by atoms with Gasteiger partial charge in [-0.15, -0.1) is 0 Å². The van der Waals surface area contributed by atoms with E-state index in [4.69, 9.17) is 0 Å². The van der Waals surface area contributed by atoms with E-state index in [9.17, 15) is 0 Å². The molecule has 0 aliphatic heterocycles. The van der Waals surface area contributed by atoms with Crippen LogP contribution in [0.4, 0.5) is 0 Å². The molecule has 3 rings (SSSR count). The van der Waals surface area contributed by atoms with Crippen LogP contribution in [0.3, 0.4) is 0 Å². The van der Waals surface area contributed by atoms with Crippen LogP contribution in [-0.2, 0) is 11.2 Å². The molecule has 2 atom stereocenters. The van der Waals surface area contributed by atoms with E-state index in [0.717, 1.165) is 19.6 Å². The van der Waals surface area contributed by atoms with Gasteiger partial charge >= 0.3 is 0 Å². The van der Waals surface area contributed by atoms with Crippen LogP contribution in [-0.4, -0.2) is 39.3 Å². The quantitative estimate of drug-likeness (QED) is 0.767. The Morgan fingerprint density at radius 2 is 1.88 bits per heavy atom. The van der Waals surface area contributed by atoms with Gasteiger partial charge in [-0.2, -0.15) is 0 Å². The van der Waals surface area contributed by atoms with Crippen molar-refractivity contribution >= 4 is 5.57 Å². The molecule has 0 radical (unpaired) electrons. The Kier molecular flexibility index (Phi) is 8.17. The fourth-order valence-corrected chi connectivity index (χ4v) is 3.51. The summed E-state index contributed by atoms with van der Waals surface area (Å²) < 4.78 is 4.54. The summed E-state index contributed by atoms with van der Waals surface area (Å²) in [5.41, 5.74) is 4.53. The highest BCUT2D eigenvalue weighted by atomic mass is 16.5. The van der Waals surface area contributed by atoms with E-state index in [1.807, 2.05) is 6.92 Å². The Bertz CT molecular complexity index is 610. The van der Waals surface area contributed by atoms with Gasteiger partial charge in [0.25, 0.3) is 0 Å². The Balaban J connectivity index is 0.000000511. The molecule has 2 aliphatic rings. The van der Waals surface area contributed by atoms with E-state index in [1.165, 1.54) is 29.5 Å². The lowest BCUT2D eigenvalue weighted by atomic mass is 9.80. The van der Waals surface area contributed by atoms with E-state index in [1.54, 1.807) is 7.11 Å². The molecule has 0 bridgehead atoms. The average Bonchev–Trinajstić information content (AvgIpc) is 2.79. The third-order valence-electron chi connectivity index (χ3n) is 4.91. The summed E-state index contributed by atoms with van der Waals surface area (Å²) in [6.07, 6.45) is 15.3. The number of allylic oxidation sites excluding steroid dienone is 5. The number of rotatable bonds is 4. The van der Waals surface area contributed by atoms with Crippen molar-refractivity contribution < 1.29 is 4.74 Å². The van der Waals surface area contributed by atoms with Gasteiger partial charge in [0, 0.05) is 26.2 Å². The second-order valence-electron chi connectivity index (χ2n) is 6.98. The van der Waals surface area contributed by atoms with Crippen LogP contribution in [0.1, 0.15) is 30.9 Å². The van der Waals surface area contributed by atoms with E-state index in [0.29, 0.717) is 11.8 Å². The lowest BCUT2D eigenvalue weighted by Gasteiger charge is -2.25. The standard InChI is InChI=1S/C20H25N.C3H8O/c1-21(2)15-7-12-20-18-10-5-3-8-16(18)13-14-17-9-4-6-11-19(17)20;1-3-4-2/h3-6,8-12,16,18H,7,13-15H2,1-2H3;3H2,1-2H3. The second kappa shape index (κ2) is 10.4. The van der Waals surface area contributed by atoms with E-state index < -0.39 is 0 Å². The van der Waals surface area contributed by atoms with Crippen molar-refractivity contribution in [1.82, 2.24) is 4.90 Å². The van der Waals surface area contributed by atoms with Gasteiger partial charge in [-0.1, -0.05) is 54.6 Å². The van der Waals surface area contributed by atoms with Crippen molar-refractivity contribution in [3.63, 3.8) is 0 Å². The topological polar surface area (TPSA) is 12.5 Å². The molecule has 0 heterocycles. The molecule has 0 aromatic heterocycles. The van der Waals surface area contributed by atoms with Crippen LogP contribution in [0, 0.1) is 11.8 Å². The number of nitrogens with zero attached hydrogens (tertiary/aromatic N) is 1. The molecule has 2 nitrogen and oxygen atoms in total. The van der Waals surface area contributed by atoms with Gasteiger partial charge in [-0.05, 0) is 62.9 Å². The number of aryl methyl sites for hydroxylation is 1. The average molecular weight is 340 g/mol. The highest BCUT2D eigenvalue weighted by molar-refractivity contribution is 5.73. The van der Waals surface area contributed by atoms with Crippen molar-refractivity contribution in [2.75, 3.05) is 34.4 Å². The predicted molar refractivity (Wildman–Crippen MR) is 109 cm³/mol. The molecule has 2 aliphatic carbocycles. The van der Waals surface area contributed by atoms with Crippen molar-refractivity contribution in [2.24, 2.45) is 11.8 Å². The molecule has 0 saturated carbocycles. The summed E-state index contributed by atoms with van der Waals surface area (Å²) in [5.74, 6) is 1.22. The van der Waals surface area contributed by atoms with Crippen LogP contribution >= 0.6 is 0 Å². The van der Waals surface area contributed by atoms with Gasteiger partial charge in [0.1, 0.15) is 0 Å². The van der Waals surface area contributed by atoms with Crippen LogP contribution in [0.15, 0.2) is 54.6 Å². The van der Waals surface area contributed by atoms with Gasteiger partial charge in [0.15, 0.2) is 0 Å². The first kappa shape index (κ1) is 19.7. The molecule has 136 valence electrons. The Morgan fingerprint density at radius 3 is 2.60 bits per heavy atom. The fraction of sp³-hybridized carbons (Fsp3) is 0.478. The smallest absolute Gasteiger partial charge is 0.0433 e. The molecule has 1 aromatic rings. The van der Waals surface area contributed by atoms with Crippen LogP contribution in [0.2, 0.25) is 0 Å². The van der Waals surface area contributed by atoms with Gasteiger partial charge < -0.3 is 9.64 Å².